The second kappa shape index (κ2) is 27.3. The molecule has 11 heterocycles. The van der Waals surface area contributed by atoms with Crippen LogP contribution in [0.3, 0.4) is 0 Å². The number of benzene rings is 13. The van der Waals surface area contributed by atoms with Crippen LogP contribution < -0.4 is 0 Å². The normalized spacial score (nSPS) is 11.6. The van der Waals surface area contributed by atoms with Gasteiger partial charge in [0.15, 0.2) is 0 Å². The number of furan rings is 5. The van der Waals surface area contributed by atoms with Crippen LogP contribution in [0.15, 0.2) is 371 Å². The Balaban J connectivity index is 0.0000000970. The summed E-state index contributed by atoms with van der Waals surface area (Å²) in [6.45, 7) is 0. The van der Waals surface area contributed by atoms with Gasteiger partial charge >= 0.3 is 0 Å². The molecule has 0 aliphatic rings. The Morgan fingerprint density at radius 1 is 0.183 bits per heavy atom. The molecular weight excluding hydrogens is 1480 g/mol. The monoisotopic (exact) mass is 1530 g/mol. The molecule has 0 aliphatic heterocycles. The highest BCUT2D eigenvalue weighted by Gasteiger charge is 2.17. The average molecular weight is 1530 g/mol. The van der Waals surface area contributed by atoms with Gasteiger partial charge in [-0.25, -0.2) is 15.0 Å². The first-order valence-corrected chi connectivity index (χ1v) is 37.2. The number of hydrogen-bond acceptors (Lipinski definition) is 11. The highest BCUT2D eigenvalue weighted by Crippen LogP contribution is 2.39. The van der Waals surface area contributed by atoms with Crippen molar-refractivity contribution < 1.29 is 22.1 Å². The van der Waals surface area contributed by atoms with Crippen molar-refractivity contribution in [3.05, 3.63) is 349 Å². The molecule has 24 rings (SSSR count). The first-order valence-electron chi connectivity index (χ1n) is 35.6. The number of nitrogens with zero attached hydrogens (tertiary/aromatic N) is 6. The van der Waals surface area contributed by atoms with E-state index in [1.165, 1.54) is 10.8 Å². The van der Waals surface area contributed by atoms with Crippen molar-refractivity contribution in [3.63, 3.8) is 0 Å². The van der Waals surface area contributed by atoms with Gasteiger partial charge in [-0.05, 0) is 158 Å². The van der Waals surface area contributed by atoms with Crippen molar-refractivity contribution in [1.29, 1.82) is 0 Å². The molecule has 0 saturated carbocycles. The minimum absolute atomic E-state index is 0.880. The summed E-state index contributed by atoms with van der Waals surface area (Å²) >= 11 is 6.92. The van der Waals surface area contributed by atoms with Crippen molar-refractivity contribution >= 4 is 207 Å². The molecule has 13 heteroatoms. The van der Waals surface area contributed by atoms with Crippen LogP contribution in [0.1, 0.15) is 0 Å². The predicted octanol–water partition coefficient (Wildman–Crippen LogP) is 27.7. The maximum Gasteiger partial charge on any atom is 0.135 e. The van der Waals surface area contributed by atoms with E-state index >= 15 is 0 Å². The van der Waals surface area contributed by atoms with E-state index in [2.05, 4.69) is 217 Å². The van der Waals surface area contributed by atoms with Gasteiger partial charge < -0.3 is 22.1 Å². The SMILES string of the molecule is Brc1ccc2oc3ccccc3c2c1.Brc1ccc2oc3ccccc3c2c1.c1ccc2c(c1)oc1ccc(-c3ccc4ccc5ccc(-c6ccc7oc8ccccc8c7c6)nc5c4n3)cc12.c1cnc2c(c1)ccc1ccc(-c3ccc4oc5ccccc5c4c3)nc12.c1cnc2c(c1)ccc1cccnc12. The van der Waals surface area contributed by atoms with Gasteiger partial charge in [0.2, 0.25) is 0 Å². The molecule has 0 bridgehead atoms. The third-order valence-corrected chi connectivity index (χ3v) is 21.0. The van der Waals surface area contributed by atoms with Crippen LogP contribution in [0.25, 0.3) is 209 Å². The number of fused-ring (bicyclic) bond motifs is 24. The molecule has 0 atom stereocenters. The van der Waals surface area contributed by atoms with Crippen LogP contribution >= 0.6 is 31.9 Å². The predicted molar refractivity (Wildman–Crippen MR) is 452 cm³/mol. The van der Waals surface area contributed by atoms with E-state index in [-0.39, 0.29) is 0 Å². The Hall–Kier alpha value is -13.7. The molecule has 0 amide bonds. The van der Waals surface area contributed by atoms with Crippen molar-refractivity contribution in [2.75, 3.05) is 0 Å². The zero-order valence-electron chi connectivity index (χ0n) is 57.8. The molecular formula is C96H56Br2N6O5. The standard InChI is InChI=1S/C36H20N2O2.C24H14N2O.2C12H7BrO.C12H8N2/c1-3-7-31-25(5-1)27-19-23(13-17-33(27)39-31)29-15-11-21-9-10-22-12-16-30(38-36(22)35(21)37-29)24-14-18-34-28(20-24)26-6-2-4-8-32(26)40-34;1-2-6-21-18(5-1)19-14-17(10-12-22(19)27-21)20-11-9-16-8-7-15-4-3-13-25-23(15)24(16)26-20;2*13-8-5-6-12-10(7-8)9-3-1-2-4-11(9)14-12;1-3-9-5-6-10-4-2-8-14-12(10)11(9)13-7-1/h1-20H;1-14H;2*1-7H;1-8H. The maximum atomic E-state index is 6.04. The van der Waals surface area contributed by atoms with Gasteiger partial charge in [0.05, 0.1) is 50.2 Å². The van der Waals surface area contributed by atoms with Crippen molar-refractivity contribution in [2.24, 2.45) is 0 Å². The molecule has 514 valence electrons. The van der Waals surface area contributed by atoms with Gasteiger partial charge in [0.25, 0.3) is 0 Å². The van der Waals surface area contributed by atoms with E-state index in [0.29, 0.717) is 0 Å². The Morgan fingerprint density at radius 3 is 0.716 bits per heavy atom. The van der Waals surface area contributed by atoms with Gasteiger partial charge in [-0.1, -0.05) is 196 Å². The quantitative estimate of drug-likeness (QED) is 0.156. The number of rotatable bonds is 3. The molecule has 0 saturated heterocycles. The molecule has 11 nitrogen and oxygen atoms in total. The van der Waals surface area contributed by atoms with Gasteiger partial charge in [-0.3, -0.25) is 15.0 Å². The van der Waals surface area contributed by atoms with E-state index in [1.807, 2.05) is 158 Å². The van der Waals surface area contributed by atoms with Crippen LogP contribution in [0.2, 0.25) is 0 Å². The third-order valence-electron chi connectivity index (χ3n) is 20.0. The number of aromatic nitrogens is 6. The number of halogens is 2. The number of hydrogen-bond donors (Lipinski definition) is 0. The second-order valence-corrected chi connectivity index (χ2v) is 28.5. The highest BCUT2D eigenvalue weighted by molar-refractivity contribution is 9.10. The first kappa shape index (κ1) is 64.8. The fraction of sp³-hybridized carbons (Fsp3) is 0. The fourth-order valence-corrected chi connectivity index (χ4v) is 15.4. The van der Waals surface area contributed by atoms with Crippen LogP contribution in [0.5, 0.6) is 0 Å². The van der Waals surface area contributed by atoms with E-state index in [9.17, 15) is 0 Å². The summed E-state index contributed by atoms with van der Waals surface area (Å²) in [5.41, 5.74) is 20.7. The van der Waals surface area contributed by atoms with Crippen LogP contribution in [0, 0.1) is 0 Å². The molecule has 13 aromatic carbocycles. The van der Waals surface area contributed by atoms with Crippen molar-refractivity contribution in [1.82, 2.24) is 29.9 Å². The lowest BCUT2D eigenvalue weighted by Crippen LogP contribution is -1.91. The first-order chi connectivity index (χ1) is 53.8. The summed E-state index contributed by atoms with van der Waals surface area (Å²) in [7, 11) is 0. The zero-order chi connectivity index (χ0) is 72.5. The van der Waals surface area contributed by atoms with Crippen molar-refractivity contribution in [2.45, 2.75) is 0 Å². The summed E-state index contributed by atoms with van der Waals surface area (Å²) in [5, 5.41) is 17.9. The maximum absolute atomic E-state index is 6.04. The Morgan fingerprint density at radius 2 is 0.413 bits per heavy atom. The summed E-state index contributed by atoms with van der Waals surface area (Å²) < 4.78 is 31.5. The zero-order valence-corrected chi connectivity index (χ0v) is 61.0. The van der Waals surface area contributed by atoms with Gasteiger partial charge in [0.1, 0.15) is 55.8 Å². The van der Waals surface area contributed by atoms with Crippen LogP contribution in [-0.2, 0) is 0 Å². The van der Waals surface area contributed by atoms with E-state index in [1.54, 1.807) is 12.4 Å². The minimum Gasteiger partial charge on any atom is -0.456 e. The summed E-state index contributed by atoms with van der Waals surface area (Å²) in [6.07, 6.45) is 5.42. The summed E-state index contributed by atoms with van der Waals surface area (Å²) in [4.78, 5) is 28.5. The van der Waals surface area contributed by atoms with Crippen LogP contribution in [-0.4, -0.2) is 29.9 Å². The second-order valence-electron chi connectivity index (χ2n) is 26.6. The molecule has 0 unspecified atom stereocenters. The largest absolute Gasteiger partial charge is 0.456 e. The Kier molecular flexibility index (Phi) is 16.3. The highest BCUT2D eigenvalue weighted by atomic mass is 79.9. The lowest BCUT2D eigenvalue weighted by molar-refractivity contribution is 0.668. The van der Waals surface area contributed by atoms with Gasteiger partial charge in [0, 0.05) is 130 Å². The van der Waals surface area contributed by atoms with Gasteiger partial charge in [-0.2, -0.15) is 0 Å². The Bertz CT molecular complexity index is 7370. The molecule has 109 heavy (non-hydrogen) atoms. The molecule has 11 aromatic heterocycles. The minimum atomic E-state index is 0.880. The summed E-state index contributed by atoms with van der Waals surface area (Å²) in [5.74, 6) is 0. The molecule has 0 fully saturated rings. The van der Waals surface area contributed by atoms with Crippen LogP contribution in [0.4, 0.5) is 0 Å². The average Bonchev–Trinajstić information content (AvgIpc) is 1.58. The Labute approximate surface area is 637 Å². The lowest BCUT2D eigenvalue weighted by Gasteiger charge is -2.08. The smallest absolute Gasteiger partial charge is 0.135 e. The molecule has 24 aromatic rings. The van der Waals surface area contributed by atoms with Crippen molar-refractivity contribution in [3.8, 4) is 33.8 Å². The molecule has 0 N–H and O–H groups in total. The fourth-order valence-electron chi connectivity index (χ4n) is 14.7. The third kappa shape index (κ3) is 12.1. The number of para-hydroxylation sites is 5. The van der Waals surface area contributed by atoms with E-state index in [0.717, 1.165) is 207 Å². The topological polar surface area (TPSA) is 143 Å². The van der Waals surface area contributed by atoms with Gasteiger partial charge in [-0.15, -0.1) is 0 Å². The number of pyridine rings is 6. The summed E-state index contributed by atoms with van der Waals surface area (Å²) in [6, 6.07) is 109. The molecule has 0 aliphatic carbocycles. The van der Waals surface area contributed by atoms with E-state index < -0.39 is 0 Å². The molecule has 0 spiro atoms. The lowest BCUT2D eigenvalue weighted by atomic mass is 10.0. The van der Waals surface area contributed by atoms with E-state index in [4.69, 9.17) is 37.0 Å². The molecule has 0 radical (unpaired) electrons.